The average molecular weight is 409 g/mol. The Morgan fingerprint density at radius 1 is 1.10 bits per heavy atom. The topological polar surface area (TPSA) is 97.0 Å². The number of ether oxygens (including phenoxy) is 2. The van der Waals surface area contributed by atoms with Crippen molar-refractivity contribution in [3.05, 3.63) is 53.6 Å². The Labute approximate surface area is 174 Å². The summed E-state index contributed by atoms with van der Waals surface area (Å²) in [6.07, 6.45) is 1.78. The van der Waals surface area contributed by atoms with Gasteiger partial charge in [-0.3, -0.25) is 14.4 Å². The zero-order valence-electron chi connectivity index (χ0n) is 16.8. The number of nitrogens with zero attached hydrogens (tertiary/aromatic N) is 1. The minimum atomic E-state index is -0.708. The number of carbonyl (C=O) groups excluding carboxylic acids is 3. The summed E-state index contributed by atoms with van der Waals surface area (Å²) < 4.78 is 10.4. The number of amides is 3. The molecule has 2 aromatic rings. The predicted octanol–water partition coefficient (Wildman–Crippen LogP) is 2.12. The minimum absolute atomic E-state index is 0.0792. The van der Waals surface area contributed by atoms with Crippen LogP contribution >= 0.6 is 0 Å². The molecule has 0 radical (unpaired) electrons. The third-order valence-corrected chi connectivity index (χ3v) is 5.29. The SMILES string of the molecule is COc1ccc(OC)c(NC(=O)CNC(=O)C2c3ccccc3C(=O)N2C2CC2)c1. The monoisotopic (exact) mass is 409 g/mol. The molecular weight excluding hydrogens is 386 g/mol. The van der Waals surface area contributed by atoms with Crippen LogP contribution < -0.4 is 20.1 Å². The van der Waals surface area contributed by atoms with Crippen LogP contribution in [0.3, 0.4) is 0 Å². The molecule has 2 aliphatic rings. The van der Waals surface area contributed by atoms with Gasteiger partial charge < -0.3 is 25.0 Å². The van der Waals surface area contributed by atoms with Crippen LogP contribution in [0.4, 0.5) is 5.69 Å². The lowest BCUT2D eigenvalue weighted by molar-refractivity contribution is -0.127. The van der Waals surface area contributed by atoms with Crippen molar-refractivity contribution in [1.29, 1.82) is 0 Å². The van der Waals surface area contributed by atoms with E-state index in [2.05, 4.69) is 10.6 Å². The van der Waals surface area contributed by atoms with Crippen LogP contribution in [-0.2, 0) is 9.59 Å². The highest BCUT2D eigenvalue weighted by Gasteiger charge is 2.47. The third kappa shape index (κ3) is 3.68. The van der Waals surface area contributed by atoms with Crippen molar-refractivity contribution in [1.82, 2.24) is 10.2 Å². The zero-order chi connectivity index (χ0) is 21.3. The van der Waals surface area contributed by atoms with Gasteiger partial charge in [0.05, 0.1) is 26.5 Å². The van der Waals surface area contributed by atoms with Crippen LogP contribution in [0.25, 0.3) is 0 Å². The van der Waals surface area contributed by atoms with E-state index in [0.29, 0.717) is 28.3 Å². The molecule has 0 bridgehead atoms. The second-order valence-electron chi connectivity index (χ2n) is 7.27. The van der Waals surface area contributed by atoms with Gasteiger partial charge in [-0.15, -0.1) is 0 Å². The zero-order valence-corrected chi connectivity index (χ0v) is 16.8. The molecule has 0 aromatic heterocycles. The maximum absolute atomic E-state index is 12.9. The lowest BCUT2D eigenvalue weighted by Crippen LogP contribution is -2.42. The Kier molecular flexibility index (Phi) is 5.31. The van der Waals surface area contributed by atoms with Gasteiger partial charge in [0.1, 0.15) is 17.5 Å². The first kappa shape index (κ1) is 19.8. The minimum Gasteiger partial charge on any atom is -0.497 e. The predicted molar refractivity (Wildman–Crippen MR) is 110 cm³/mol. The summed E-state index contributed by atoms with van der Waals surface area (Å²) in [4.78, 5) is 39.8. The maximum Gasteiger partial charge on any atom is 0.255 e. The number of hydrogen-bond donors (Lipinski definition) is 2. The van der Waals surface area contributed by atoms with E-state index in [1.165, 1.54) is 14.2 Å². The van der Waals surface area contributed by atoms with Crippen molar-refractivity contribution in [2.75, 3.05) is 26.1 Å². The van der Waals surface area contributed by atoms with E-state index in [9.17, 15) is 14.4 Å². The summed E-state index contributed by atoms with van der Waals surface area (Å²) in [6, 6.07) is 11.5. The van der Waals surface area contributed by atoms with Crippen LogP contribution in [0.1, 0.15) is 34.8 Å². The molecule has 30 heavy (non-hydrogen) atoms. The van der Waals surface area contributed by atoms with Gasteiger partial charge in [0.15, 0.2) is 0 Å². The molecule has 2 aromatic carbocycles. The number of anilines is 1. The largest absolute Gasteiger partial charge is 0.497 e. The molecule has 2 N–H and O–H groups in total. The fraction of sp³-hybridized carbons (Fsp3) is 0.318. The van der Waals surface area contributed by atoms with E-state index < -0.39 is 11.9 Å². The molecule has 1 saturated carbocycles. The molecule has 4 rings (SSSR count). The molecular formula is C22H23N3O5. The molecule has 8 nitrogen and oxygen atoms in total. The Morgan fingerprint density at radius 3 is 2.57 bits per heavy atom. The second kappa shape index (κ2) is 8.06. The quantitative estimate of drug-likeness (QED) is 0.730. The second-order valence-corrected chi connectivity index (χ2v) is 7.27. The first-order chi connectivity index (χ1) is 14.5. The molecule has 3 amide bonds. The van der Waals surface area contributed by atoms with E-state index in [-0.39, 0.29) is 24.4 Å². The van der Waals surface area contributed by atoms with Crippen LogP contribution in [0.15, 0.2) is 42.5 Å². The molecule has 1 aliphatic heterocycles. The van der Waals surface area contributed by atoms with Gasteiger partial charge in [0, 0.05) is 17.7 Å². The van der Waals surface area contributed by atoms with Crippen molar-refractivity contribution < 1.29 is 23.9 Å². The number of hydrogen-bond acceptors (Lipinski definition) is 5. The highest BCUT2D eigenvalue weighted by Crippen LogP contribution is 2.41. The van der Waals surface area contributed by atoms with Crippen LogP contribution in [-0.4, -0.2) is 49.4 Å². The van der Waals surface area contributed by atoms with E-state index in [4.69, 9.17) is 9.47 Å². The van der Waals surface area contributed by atoms with E-state index in [0.717, 1.165) is 12.8 Å². The van der Waals surface area contributed by atoms with Gasteiger partial charge in [0.25, 0.3) is 5.91 Å². The molecule has 0 spiro atoms. The van der Waals surface area contributed by atoms with E-state index in [1.807, 2.05) is 6.07 Å². The standard InChI is InChI=1S/C22H23N3O5/c1-29-14-9-10-18(30-2)17(11-14)24-19(26)12-23-21(27)20-15-5-3-4-6-16(15)22(28)25(20)13-7-8-13/h3-6,9-11,13,20H,7-8,12H2,1-2H3,(H,23,27)(H,24,26). The first-order valence-electron chi connectivity index (χ1n) is 9.74. The third-order valence-electron chi connectivity index (χ3n) is 5.29. The van der Waals surface area contributed by atoms with Gasteiger partial charge in [-0.05, 0) is 36.6 Å². The summed E-state index contributed by atoms with van der Waals surface area (Å²) >= 11 is 0. The lowest BCUT2D eigenvalue weighted by atomic mass is 10.0. The summed E-state index contributed by atoms with van der Waals surface area (Å²) in [7, 11) is 3.03. The summed E-state index contributed by atoms with van der Waals surface area (Å²) in [5.41, 5.74) is 1.67. The molecule has 1 unspecified atom stereocenters. The van der Waals surface area contributed by atoms with Gasteiger partial charge in [-0.1, -0.05) is 18.2 Å². The van der Waals surface area contributed by atoms with E-state index in [1.54, 1.807) is 41.3 Å². The van der Waals surface area contributed by atoms with Crippen molar-refractivity contribution in [3.8, 4) is 11.5 Å². The molecule has 1 atom stereocenters. The van der Waals surface area contributed by atoms with Crippen molar-refractivity contribution in [2.24, 2.45) is 0 Å². The van der Waals surface area contributed by atoms with Crippen LogP contribution in [0.5, 0.6) is 11.5 Å². The van der Waals surface area contributed by atoms with E-state index >= 15 is 0 Å². The van der Waals surface area contributed by atoms with Crippen LogP contribution in [0.2, 0.25) is 0 Å². The molecule has 156 valence electrons. The summed E-state index contributed by atoms with van der Waals surface area (Å²) in [5.74, 6) is 0.138. The van der Waals surface area contributed by atoms with Crippen molar-refractivity contribution in [2.45, 2.75) is 24.9 Å². The highest BCUT2D eigenvalue weighted by molar-refractivity contribution is 6.05. The van der Waals surface area contributed by atoms with Crippen molar-refractivity contribution in [3.63, 3.8) is 0 Å². The van der Waals surface area contributed by atoms with Gasteiger partial charge >= 0.3 is 0 Å². The molecule has 1 fully saturated rings. The van der Waals surface area contributed by atoms with Gasteiger partial charge in [0.2, 0.25) is 11.8 Å². The molecule has 1 heterocycles. The first-order valence-corrected chi connectivity index (χ1v) is 9.74. The number of benzene rings is 2. The number of fused-ring (bicyclic) bond motifs is 1. The average Bonchev–Trinajstić information content (AvgIpc) is 3.56. The fourth-order valence-electron chi connectivity index (χ4n) is 3.70. The number of carbonyl (C=O) groups is 3. The Bertz CT molecular complexity index is 1000. The lowest BCUT2D eigenvalue weighted by Gasteiger charge is -2.24. The Morgan fingerprint density at radius 2 is 1.87 bits per heavy atom. The van der Waals surface area contributed by atoms with Crippen LogP contribution in [0, 0.1) is 0 Å². The smallest absolute Gasteiger partial charge is 0.255 e. The maximum atomic E-state index is 12.9. The highest BCUT2D eigenvalue weighted by atomic mass is 16.5. The summed E-state index contributed by atoms with van der Waals surface area (Å²) in [6.45, 7) is -0.232. The fourth-order valence-corrected chi connectivity index (χ4v) is 3.70. The Hall–Kier alpha value is -3.55. The molecule has 8 heteroatoms. The number of methoxy groups -OCH3 is 2. The van der Waals surface area contributed by atoms with Crippen molar-refractivity contribution >= 4 is 23.4 Å². The molecule has 0 saturated heterocycles. The number of rotatable bonds is 7. The molecule has 1 aliphatic carbocycles. The summed E-state index contributed by atoms with van der Waals surface area (Å²) in [5, 5.41) is 5.39. The van der Waals surface area contributed by atoms with Gasteiger partial charge in [-0.25, -0.2) is 0 Å². The normalized spacial score (nSPS) is 17.3. The number of nitrogens with one attached hydrogen (secondary N) is 2. The van der Waals surface area contributed by atoms with Gasteiger partial charge in [-0.2, -0.15) is 0 Å². The Balaban J connectivity index is 1.44.